The lowest BCUT2D eigenvalue weighted by Gasteiger charge is -2.17. The van der Waals surface area contributed by atoms with Crippen LogP contribution in [-0.4, -0.2) is 19.1 Å². The number of hydrogen-bond acceptors (Lipinski definition) is 3. The molecule has 1 saturated carbocycles. The summed E-state index contributed by atoms with van der Waals surface area (Å²) in [7, 11) is 0. The molecule has 1 aromatic rings. The number of benzene rings is 1. The van der Waals surface area contributed by atoms with Crippen LogP contribution in [-0.2, 0) is 6.42 Å². The minimum absolute atomic E-state index is 0.620. The highest BCUT2D eigenvalue weighted by atomic mass is 15.0. The molecule has 0 bridgehead atoms. The molecular weight excluding hydrogens is 366 g/mol. The first kappa shape index (κ1) is 25.6. The number of terminal acetylenes is 1. The molecule has 0 amide bonds. The van der Waals surface area contributed by atoms with Gasteiger partial charge < -0.3 is 16.4 Å². The Morgan fingerprint density at radius 3 is 2.47 bits per heavy atom. The van der Waals surface area contributed by atoms with Crippen LogP contribution in [0.5, 0.6) is 0 Å². The minimum atomic E-state index is 0.620. The molecule has 0 radical (unpaired) electrons. The van der Waals surface area contributed by atoms with Crippen LogP contribution in [0, 0.1) is 12.3 Å². The predicted molar refractivity (Wildman–Crippen MR) is 132 cm³/mol. The van der Waals surface area contributed by atoms with Crippen molar-refractivity contribution in [1.82, 2.24) is 10.6 Å². The van der Waals surface area contributed by atoms with Gasteiger partial charge in [-0.25, -0.2) is 0 Å². The Balaban J connectivity index is 0.000000343. The van der Waals surface area contributed by atoms with E-state index < -0.39 is 0 Å². The van der Waals surface area contributed by atoms with Gasteiger partial charge in [0.15, 0.2) is 0 Å². The number of allylic oxidation sites excluding steroid dienone is 5. The maximum absolute atomic E-state index is 5.29. The number of nitrogens with two attached hydrogens (primary N) is 1. The largest absolute Gasteiger partial charge is 0.402 e. The van der Waals surface area contributed by atoms with Crippen molar-refractivity contribution < 1.29 is 0 Å². The summed E-state index contributed by atoms with van der Waals surface area (Å²) in [5, 5.41) is 7.33. The molecule has 2 fully saturated rings. The van der Waals surface area contributed by atoms with Gasteiger partial charge in [0, 0.05) is 30.4 Å². The van der Waals surface area contributed by atoms with Gasteiger partial charge in [-0.15, -0.1) is 12.3 Å². The number of nitrogens with one attached hydrogen (secondary N) is 2. The van der Waals surface area contributed by atoms with Crippen LogP contribution in [0.2, 0.25) is 0 Å². The van der Waals surface area contributed by atoms with E-state index in [2.05, 4.69) is 46.9 Å². The first-order valence-corrected chi connectivity index (χ1v) is 11.3. The normalized spacial score (nSPS) is 17.3. The molecule has 2 aliphatic rings. The maximum atomic E-state index is 5.29. The van der Waals surface area contributed by atoms with Crippen LogP contribution in [0.3, 0.4) is 0 Å². The van der Waals surface area contributed by atoms with Gasteiger partial charge in [-0.2, -0.15) is 0 Å². The Morgan fingerprint density at radius 1 is 1.30 bits per heavy atom. The lowest BCUT2D eigenvalue weighted by molar-refractivity contribution is 0.603. The van der Waals surface area contributed by atoms with Gasteiger partial charge in [0.1, 0.15) is 0 Å². The third-order valence-corrected chi connectivity index (χ3v) is 4.85. The third kappa shape index (κ3) is 12.2. The quantitative estimate of drug-likeness (QED) is 0.319. The highest BCUT2D eigenvalue weighted by Crippen LogP contribution is 2.33. The van der Waals surface area contributed by atoms with Crippen molar-refractivity contribution in [3.05, 3.63) is 71.1 Å². The zero-order valence-corrected chi connectivity index (χ0v) is 19.2. The lowest BCUT2D eigenvalue weighted by atomic mass is 10.1. The standard InChI is InChI=1S/C17H24N2.C6H11N.C4H6/c1-2-6-14(7-3-1)8-4-13-19-17(15-10-11-15)16-9-5-12-18-16;1-3-4-5-6(2)7;1-3-4-2/h1-3,6-7,16,18-19H,4-5,8-13H2;3-5H,7H2,1-2H3;1H,4H2,2H3/b;4-3-,6-5+;. The van der Waals surface area contributed by atoms with Gasteiger partial charge in [-0.1, -0.05) is 49.4 Å². The van der Waals surface area contributed by atoms with Crippen molar-refractivity contribution in [2.24, 2.45) is 5.73 Å². The molecule has 1 aliphatic heterocycles. The van der Waals surface area contributed by atoms with Crippen LogP contribution in [0.15, 0.2) is 65.5 Å². The zero-order valence-electron chi connectivity index (χ0n) is 19.2. The average molecular weight is 408 g/mol. The second-order valence-corrected chi connectivity index (χ2v) is 7.68. The lowest BCUT2D eigenvalue weighted by Crippen LogP contribution is -2.32. The Bertz CT molecular complexity index is 691. The van der Waals surface area contributed by atoms with Gasteiger partial charge in [0.2, 0.25) is 0 Å². The van der Waals surface area contributed by atoms with Crippen molar-refractivity contribution in [1.29, 1.82) is 0 Å². The first-order valence-electron chi connectivity index (χ1n) is 11.3. The summed E-state index contributed by atoms with van der Waals surface area (Å²) in [6.07, 6.45) is 19.0. The fraction of sp³-hybridized carbons (Fsp3) is 0.481. The molecule has 3 nitrogen and oxygen atoms in total. The molecule has 1 unspecified atom stereocenters. The average Bonchev–Trinajstić information content (AvgIpc) is 3.46. The summed E-state index contributed by atoms with van der Waals surface area (Å²) in [5.74, 6) is 2.43. The van der Waals surface area contributed by atoms with E-state index in [0.29, 0.717) is 6.04 Å². The summed E-state index contributed by atoms with van der Waals surface area (Å²) < 4.78 is 0. The molecule has 0 spiro atoms. The van der Waals surface area contributed by atoms with Gasteiger partial charge in [-0.3, -0.25) is 0 Å². The molecular formula is C27H41N3. The minimum Gasteiger partial charge on any atom is -0.402 e. The molecule has 3 heteroatoms. The molecule has 1 heterocycles. The van der Waals surface area contributed by atoms with Crippen molar-refractivity contribution in [2.75, 3.05) is 13.1 Å². The fourth-order valence-electron chi connectivity index (χ4n) is 3.17. The Kier molecular flexibility index (Phi) is 14.0. The first-order chi connectivity index (χ1) is 14.6. The van der Waals surface area contributed by atoms with Crippen LogP contribution >= 0.6 is 0 Å². The molecule has 1 atom stereocenters. The highest BCUT2D eigenvalue weighted by molar-refractivity contribution is 5.28. The smallest absolute Gasteiger partial charge is 0.0469 e. The van der Waals surface area contributed by atoms with Crippen molar-refractivity contribution in [3.63, 3.8) is 0 Å². The second-order valence-electron chi connectivity index (χ2n) is 7.68. The third-order valence-electron chi connectivity index (χ3n) is 4.85. The molecule has 164 valence electrons. The fourth-order valence-corrected chi connectivity index (χ4v) is 3.17. The molecule has 1 saturated heterocycles. The van der Waals surface area contributed by atoms with Crippen molar-refractivity contribution in [3.8, 4) is 12.3 Å². The maximum Gasteiger partial charge on any atom is 0.0469 e. The van der Waals surface area contributed by atoms with Crippen LogP contribution in [0.25, 0.3) is 0 Å². The number of hydrogen-bond donors (Lipinski definition) is 3. The Morgan fingerprint density at radius 2 is 2.00 bits per heavy atom. The predicted octanol–water partition coefficient (Wildman–Crippen LogP) is 5.46. The van der Waals surface area contributed by atoms with Crippen LogP contribution in [0.4, 0.5) is 0 Å². The highest BCUT2D eigenvalue weighted by Gasteiger charge is 2.26. The van der Waals surface area contributed by atoms with E-state index in [1.807, 2.05) is 39.0 Å². The summed E-state index contributed by atoms with van der Waals surface area (Å²) in [6, 6.07) is 11.4. The summed E-state index contributed by atoms with van der Waals surface area (Å²) >= 11 is 0. The molecule has 1 aromatic carbocycles. The monoisotopic (exact) mass is 407 g/mol. The Hall–Kier alpha value is -2.44. The van der Waals surface area contributed by atoms with E-state index in [-0.39, 0.29) is 0 Å². The second kappa shape index (κ2) is 16.4. The van der Waals surface area contributed by atoms with Gasteiger partial charge >= 0.3 is 0 Å². The summed E-state index contributed by atoms with van der Waals surface area (Å²) in [6.45, 7) is 8.05. The molecule has 4 N–H and O–H groups in total. The van der Waals surface area contributed by atoms with Gasteiger partial charge in [0.25, 0.3) is 0 Å². The van der Waals surface area contributed by atoms with Gasteiger partial charge in [-0.05, 0) is 76.1 Å². The molecule has 0 aromatic heterocycles. The summed E-state index contributed by atoms with van der Waals surface area (Å²) in [5.41, 5.74) is 10.8. The van der Waals surface area contributed by atoms with E-state index in [1.165, 1.54) is 56.3 Å². The van der Waals surface area contributed by atoms with Crippen molar-refractivity contribution >= 4 is 0 Å². The Labute approximate surface area is 184 Å². The van der Waals surface area contributed by atoms with E-state index >= 15 is 0 Å². The number of aryl methyl sites for hydroxylation is 1. The number of rotatable bonds is 7. The summed E-state index contributed by atoms with van der Waals surface area (Å²) in [4.78, 5) is 0. The topological polar surface area (TPSA) is 50.1 Å². The zero-order chi connectivity index (χ0) is 22.0. The van der Waals surface area contributed by atoms with E-state index in [1.54, 1.807) is 5.57 Å². The molecule has 3 rings (SSSR count). The van der Waals surface area contributed by atoms with Crippen LogP contribution in [0.1, 0.15) is 64.9 Å². The van der Waals surface area contributed by atoms with E-state index in [4.69, 9.17) is 12.2 Å². The van der Waals surface area contributed by atoms with Gasteiger partial charge in [0.05, 0.1) is 0 Å². The van der Waals surface area contributed by atoms with E-state index in [9.17, 15) is 0 Å². The van der Waals surface area contributed by atoms with Crippen molar-refractivity contribution in [2.45, 2.75) is 71.8 Å². The SMILES string of the molecule is C#CCC.C/C=C\C=C(/C)N.c1ccc(CCCNC(=C2CC2)C2CCCN2)cc1. The van der Waals surface area contributed by atoms with Crippen LogP contribution < -0.4 is 16.4 Å². The van der Waals surface area contributed by atoms with E-state index in [0.717, 1.165) is 18.7 Å². The molecule has 1 aliphatic carbocycles. The molecule has 30 heavy (non-hydrogen) atoms.